The molecule has 0 bridgehead atoms. The number of carbonyl (C=O) groups is 1. The van der Waals surface area contributed by atoms with Crippen molar-refractivity contribution in [1.29, 1.82) is 0 Å². The molecule has 1 aromatic heterocycles. The summed E-state index contributed by atoms with van der Waals surface area (Å²) in [6.07, 6.45) is 7.65. The molecular formula is C23H31N3O4S. The zero-order valence-corrected chi connectivity index (χ0v) is 18.9. The van der Waals surface area contributed by atoms with Crippen LogP contribution < -0.4 is 4.90 Å². The van der Waals surface area contributed by atoms with Crippen molar-refractivity contribution in [2.24, 2.45) is 0 Å². The quantitative estimate of drug-likeness (QED) is 0.678. The Labute approximate surface area is 184 Å². The molecule has 2 aromatic rings. The summed E-state index contributed by atoms with van der Waals surface area (Å²) in [6, 6.07) is 8.74. The summed E-state index contributed by atoms with van der Waals surface area (Å²) in [5.41, 5.74) is 1.10. The Morgan fingerprint density at radius 2 is 1.68 bits per heavy atom. The summed E-state index contributed by atoms with van der Waals surface area (Å²) < 4.78 is 34.1. The Bertz CT molecular complexity index is 992. The van der Waals surface area contributed by atoms with Crippen LogP contribution in [-0.2, 0) is 16.6 Å². The van der Waals surface area contributed by atoms with Crippen LogP contribution in [0, 0.1) is 0 Å². The van der Waals surface area contributed by atoms with Gasteiger partial charge in [0.2, 0.25) is 10.0 Å². The number of furan rings is 1. The van der Waals surface area contributed by atoms with Crippen LogP contribution in [0.2, 0.25) is 0 Å². The predicted octanol–water partition coefficient (Wildman–Crippen LogP) is 3.72. The second kappa shape index (κ2) is 9.44. The third kappa shape index (κ3) is 4.80. The fraction of sp³-hybridized carbons (Fsp3) is 0.522. The number of rotatable bonds is 6. The van der Waals surface area contributed by atoms with Gasteiger partial charge in [-0.05, 0) is 62.4 Å². The minimum Gasteiger partial charge on any atom is -0.467 e. The van der Waals surface area contributed by atoms with Gasteiger partial charge >= 0.3 is 0 Å². The van der Waals surface area contributed by atoms with Crippen LogP contribution in [0.5, 0.6) is 0 Å². The summed E-state index contributed by atoms with van der Waals surface area (Å²) in [4.78, 5) is 17.0. The standard InChI is InChI=1S/C23H31N3O4S/c1-24(18-20-9-8-16-30-20)23(27)19-10-11-21(25-12-4-2-5-13-25)22(17-19)31(28,29)26-14-6-3-7-15-26/h8-11,16-17H,2-7,12-15,18H2,1H3. The van der Waals surface area contributed by atoms with Crippen molar-refractivity contribution in [2.45, 2.75) is 50.0 Å². The van der Waals surface area contributed by atoms with Crippen molar-refractivity contribution in [3.63, 3.8) is 0 Å². The molecule has 0 unspecified atom stereocenters. The Morgan fingerprint density at radius 3 is 2.32 bits per heavy atom. The lowest BCUT2D eigenvalue weighted by atomic mass is 10.1. The number of anilines is 1. The largest absolute Gasteiger partial charge is 0.467 e. The van der Waals surface area contributed by atoms with E-state index in [9.17, 15) is 13.2 Å². The predicted molar refractivity (Wildman–Crippen MR) is 120 cm³/mol. The first-order valence-electron chi connectivity index (χ1n) is 11.1. The molecule has 1 aromatic carbocycles. The van der Waals surface area contributed by atoms with E-state index in [-0.39, 0.29) is 10.8 Å². The topological polar surface area (TPSA) is 74.1 Å². The first-order chi connectivity index (χ1) is 15.0. The maximum atomic E-state index is 13.6. The van der Waals surface area contributed by atoms with Crippen LogP contribution in [-0.4, -0.2) is 56.8 Å². The van der Waals surface area contributed by atoms with Crippen LogP contribution in [0.15, 0.2) is 45.9 Å². The average Bonchev–Trinajstić information content (AvgIpc) is 3.32. The number of sulfonamides is 1. The van der Waals surface area contributed by atoms with Crippen molar-refractivity contribution in [1.82, 2.24) is 9.21 Å². The number of amides is 1. The van der Waals surface area contributed by atoms with Gasteiger partial charge < -0.3 is 14.2 Å². The summed E-state index contributed by atoms with van der Waals surface area (Å²) in [7, 11) is -1.97. The molecule has 3 heterocycles. The molecule has 0 atom stereocenters. The summed E-state index contributed by atoms with van der Waals surface area (Å²) in [5, 5.41) is 0. The molecule has 2 saturated heterocycles. The second-order valence-corrected chi connectivity index (χ2v) is 10.3. The van der Waals surface area contributed by atoms with Crippen molar-refractivity contribution in [3.05, 3.63) is 47.9 Å². The van der Waals surface area contributed by atoms with E-state index in [2.05, 4.69) is 4.90 Å². The molecule has 2 aliphatic rings. The summed E-state index contributed by atoms with van der Waals surface area (Å²) >= 11 is 0. The van der Waals surface area contributed by atoms with Crippen LogP contribution in [0.3, 0.4) is 0 Å². The van der Waals surface area contributed by atoms with Crippen molar-refractivity contribution in [2.75, 3.05) is 38.1 Å². The van der Waals surface area contributed by atoms with Gasteiger partial charge in [0.15, 0.2) is 0 Å². The molecule has 0 spiro atoms. The van der Waals surface area contributed by atoms with Gasteiger partial charge in [0.1, 0.15) is 10.7 Å². The number of carbonyl (C=O) groups excluding carboxylic acids is 1. The SMILES string of the molecule is CN(Cc1ccco1)C(=O)c1ccc(N2CCCCC2)c(S(=O)(=O)N2CCCCC2)c1. The molecule has 1 amide bonds. The Balaban J connectivity index is 1.68. The Morgan fingerprint density at radius 1 is 1.00 bits per heavy atom. The molecule has 7 nitrogen and oxygen atoms in total. The molecule has 2 fully saturated rings. The van der Waals surface area contributed by atoms with Gasteiger partial charge in [0.05, 0.1) is 18.5 Å². The summed E-state index contributed by atoms with van der Waals surface area (Å²) in [5.74, 6) is 0.457. The number of nitrogens with zero attached hydrogens (tertiary/aromatic N) is 3. The number of hydrogen-bond acceptors (Lipinski definition) is 5. The van der Waals surface area contributed by atoms with Crippen molar-refractivity contribution in [3.8, 4) is 0 Å². The number of benzene rings is 1. The smallest absolute Gasteiger partial charge is 0.254 e. The fourth-order valence-electron chi connectivity index (χ4n) is 4.42. The normalized spacial score (nSPS) is 18.2. The fourth-order valence-corrected chi connectivity index (χ4v) is 6.18. The van der Waals surface area contributed by atoms with E-state index < -0.39 is 10.0 Å². The van der Waals surface area contributed by atoms with Crippen LogP contribution in [0.1, 0.15) is 54.6 Å². The monoisotopic (exact) mass is 445 g/mol. The highest BCUT2D eigenvalue weighted by Crippen LogP contribution is 2.32. The van der Waals surface area contributed by atoms with Gasteiger partial charge in [0.25, 0.3) is 5.91 Å². The van der Waals surface area contributed by atoms with E-state index in [1.54, 1.807) is 40.7 Å². The highest BCUT2D eigenvalue weighted by molar-refractivity contribution is 7.89. The molecule has 8 heteroatoms. The van der Waals surface area contributed by atoms with Gasteiger partial charge in [-0.3, -0.25) is 4.79 Å². The average molecular weight is 446 g/mol. The lowest BCUT2D eigenvalue weighted by molar-refractivity contribution is 0.0775. The third-order valence-electron chi connectivity index (χ3n) is 6.16. The van der Waals surface area contributed by atoms with Crippen molar-refractivity contribution >= 4 is 21.6 Å². The maximum absolute atomic E-state index is 13.6. The second-order valence-electron chi connectivity index (χ2n) is 8.44. The van der Waals surface area contributed by atoms with Crippen LogP contribution in [0.25, 0.3) is 0 Å². The van der Waals surface area contributed by atoms with Crippen LogP contribution >= 0.6 is 0 Å². The Hall–Kier alpha value is -2.32. The molecule has 4 rings (SSSR count). The first-order valence-corrected chi connectivity index (χ1v) is 12.6. The molecule has 0 saturated carbocycles. The van der Waals surface area contributed by atoms with Gasteiger partial charge in [0, 0.05) is 38.8 Å². The summed E-state index contributed by atoms with van der Waals surface area (Å²) in [6.45, 7) is 3.09. The van der Waals surface area contributed by atoms with Gasteiger partial charge in [-0.2, -0.15) is 4.31 Å². The molecule has 168 valence electrons. The molecule has 2 aliphatic heterocycles. The first kappa shape index (κ1) is 21.9. The Kier molecular flexibility index (Phi) is 6.67. The van der Waals surface area contributed by atoms with Crippen LogP contribution in [0.4, 0.5) is 5.69 Å². The van der Waals surface area contributed by atoms with E-state index >= 15 is 0 Å². The van der Waals surface area contributed by atoms with E-state index in [4.69, 9.17) is 4.42 Å². The van der Waals surface area contributed by atoms with E-state index in [1.165, 1.54) is 6.42 Å². The lowest BCUT2D eigenvalue weighted by Gasteiger charge is -2.33. The highest BCUT2D eigenvalue weighted by Gasteiger charge is 2.31. The van der Waals surface area contributed by atoms with Gasteiger partial charge in [-0.1, -0.05) is 6.42 Å². The zero-order valence-electron chi connectivity index (χ0n) is 18.1. The molecule has 0 radical (unpaired) electrons. The zero-order chi connectivity index (χ0) is 21.8. The van der Waals surface area contributed by atoms with Crippen molar-refractivity contribution < 1.29 is 17.6 Å². The van der Waals surface area contributed by atoms with E-state index in [0.717, 1.165) is 50.9 Å². The highest BCUT2D eigenvalue weighted by atomic mass is 32.2. The maximum Gasteiger partial charge on any atom is 0.254 e. The minimum absolute atomic E-state index is 0.225. The number of hydrogen-bond donors (Lipinski definition) is 0. The van der Waals surface area contributed by atoms with Gasteiger partial charge in [-0.25, -0.2) is 8.42 Å². The number of piperidine rings is 2. The molecule has 31 heavy (non-hydrogen) atoms. The molecular weight excluding hydrogens is 414 g/mol. The van der Waals surface area contributed by atoms with E-state index in [0.29, 0.717) is 31.0 Å². The third-order valence-corrected chi connectivity index (χ3v) is 8.08. The lowest BCUT2D eigenvalue weighted by Crippen LogP contribution is -2.38. The van der Waals surface area contributed by atoms with Gasteiger partial charge in [-0.15, -0.1) is 0 Å². The van der Waals surface area contributed by atoms with E-state index in [1.807, 2.05) is 12.1 Å². The molecule has 0 N–H and O–H groups in total. The molecule has 0 aliphatic carbocycles. The minimum atomic E-state index is -3.67.